The van der Waals surface area contributed by atoms with Crippen LogP contribution in [-0.2, 0) is 31.1 Å². The minimum Gasteiger partial charge on any atom is -0.490 e. The maximum atomic E-state index is 11.2. The Balaban J connectivity index is 1.97. The summed E-state index contributed by atoms with van der Waals surface area (Å²) in [4.78, 5) is 22.2. The molecule has 0 aliphatic rings. The first-order valence-electron chi connectivity index (χ1n) is 9.28. The highest BCUT2D eigenvalue weighted by molar-refractivity contribution is 5.81. The highest BCUT2D eigenvalue weighted by Gasteiger charge is 2.23. The molecule has 0 spiro atoms. The van der Waals surface area contributed by atoms with Gasteiger partial charge < -0.3 is 14.2 Å². The summed E-state index contributed by atoms with van der Waals surface area (Å²) in [7, 11) is 0. The quantitative estimate of drug-likeness (QED) is 0.341. The van der Waals surface area contributed by atoms with Crippen LogP contribution in [0.25, 0.3) is 0 Å². The molecule has 5 heteroatoms. The maximum absolute atomic E-state index is 11.2. The zero-order valence-corrected chi connectivity index (χ0v) is 16.9. The van der Waals surface area contributed by atoms with Gasteiger partial charge in [-0.25, -0.2) is 9.59 Å². The molecule has 0 radical (unpaired) electrons. The molecule has 0 heterocycles. The van der Waals surface area contributed by atoms with E-state index in [1.807, 2.05) is 48.5 Å². The Morgan fingerprint density at radius 2 is 1.34 bits per heavy atom. The highest BCUT2D eigenvalue weighted by Crippen LogP contribution is 2.32. The van der Waals surface area contributed by atoms with Crippen molar-refractivity contribution in [1.29, 1.82) is 0 Å². The first-order valence-corrected chi connectivity index (χ1v) is 9.28. The molecule has 0 saturated carbocycles. The van der Waals surface area contributed by atoms with E-state index < -0.39 is 11.9 Å². The van der Waals surface area contributed by atoms with Crippen molar-refractivity contribution in [1.82, 2.24) is 0 Å². The van der Waals surface area contributed by atoms with Crippen LogP contribution in [0.5, 0.6) is 5.75 Å². The van der Waals surface area contributed by atoms with Gasteiger partial charge in [0.05, 0.1) is 0 Å². The van der Waals surface area contributed by atoms with E-state index >= 15 is 0 Å². The molecule has 0 bridgehead atoms. The van der Waals surface area contributed by atoms with E-state index in [-0.39, 0.29) is 25.2 Å². The second kappa shape index (κ2) is 10.3. The fourth-order valence-corrected chi connectivity index (χ4v) is 2.73. The molecule has 2 aromatic rings. The fourth-order valence-electron chi connectivity index (χ4n) is 2.73. The molecule has 5 nitrogen and oxygen atoms in total. The van der Waals surface area contributed by atoms with Gasteiger partial charge in [0.1, 0.15) is 25.6 Å². The predicted molar refractivity (Wildman–Crippen MR) is 112 cm³/mol. The SMILES string of the molecule is C=CC(=O)OCCOc1ccc(C(C)(C)c2ccc(COC(=O)C=C)cc2)cc1. The summed E-state index contributed by atoms with van der Waals surface area (Å²) in [5.41, 5.74) is 2.98. The van der Waals surface area contributed by atoms with Crippen molar-refractivity contribution in [2.75, 3.05) is 13.2 Å². The maximum Gasteiger partial charge on any atom is 0.330 e. The fraction of sp³-hybridized carbons (Fsp3) is 0.250. The number of carbonyl (C=O) groups is 2. The standard InChI is InChI=1S/C24H26O5/c1-5-22(25)28-16-15-27-21-13-11-20(12-14-21)24(3,4)19-9-7-18(8-10-19)17-29-23(26)6-2/h5-14H,1-2,15-17H2,3-4H3. The molecular weight excluding hydrogens is 368 g/mol. The Labute approximate surface area is 171 Å². The molecule has 0 aromatic heterocycles. The van der Waals surface area contributed by atoms with Crippen LogP contribution in [0.2, 0.25) is 0 Å². The smallest absolute Gasteiger partial charge is 0.330 e. The second-order valence-electron chi connectivity index (χ2n) is 6.88. The van der Waals surface area contributed by atoms with Crippen LogP contribution >= 0.6 is 0 Å². The van der Waals surface area contributed by atoms with Gasteiger partial charge in [0.25, 0.3) is 0 Å². The van der Waals surface area contributed by atoms with Crippen molar-refractivity contribution in [2.45, 2.75) is 25.9 Å². The van der Waals surface area contributed by atoms with E-state index in [0.29, 0.717) is 5.75 Å². The lowest BCUT2D eigenvalue weighted by Crippen LogP contribution is -2.19. The second-order valence-corrected chi connectivity index (χ2v) is 6.88. The Morgan fingerprint density at radius 1 is 0.828 bits per heavy atom. The minimum atomic E-state index is -0.462. The van der Waals surface area contributed by atoms with Gasteiger partial charge in [0.15, 0.2) is 0 Å². The molecule has 0 unspecified atom stereocenters. The van der Waals surface area contributed by atoms with Crippen LogP contribution in [-0.4, -0.2) is 25.2 Å². The highest BCUT2D eigenvalue weighted by atomic mass is 16.6. The molecule has 0 atom stereocenters. The van der Waals surface area contributed by atoms with Gasteiger partial charge in [-0.15, -0.1) is 0 Å². The van der Waals surface area contributed by atoms with Crippen LogP contribution in [0.1, 0.15) is 30.5 Å². The summed E-state index contributed by atoms with van der Waals surface area (Å²) < 4.78 is 15.5. The largest absolute Gasteiger partial charge is 0.490 e. The number of ether oxygens (including phenoxy) is 3. The first kappa shape index (κ1) is 22.0. The van der Waals surface area contributed by atoms with Crippen LogP contribution in [0.4, 0.5) is 0 Å². The van der Waals surface area contributed by atoms with E-state index in [9.17, 15) is 9.59 Å². The molecule has 0 aliphatic heterocycles. The van der Waals surface area contributed by atoms with Crippen molar-refractivity contribution >= 4 is 11.9 Å². The van der Waals surface area contributed by atoms with E-state index in [4.69, 9.17) is 14.2 Å². The van der Waals surface area contributed by atoms with E-state index in [0.717, 1.165) is 28.8 Å². The summed E-state index contributed by atoms with van der Waals surface area (Å²) in [5.74, 6) is -0.190. The summed E-state index contributed by atoms with van der Waals surface area (Å²) in [6.07, 6.45) is 2.27. The monoisotopic (exact) mass is 394 g/mol. The zero-order valence-electron chi connectivity index (χ0n) is 16.9. The molecule has 2 aromatic carbocycles. The molecular formula is C24H26O5. The Kier molecular flexibility index (Phi) is 7.78. The van der Waals surface area contributed by atoms with Gasteiger partial charge in [0.2, 0.25) is 0 Å². The van der Waals surface area contributed by atoms with Gasteiger partial charge in [-0.1, -0.05) is 63.4 Å². The molecule has 2 rings (SSSR count). The number of carbonyl (C=O) groups excluding carboxylic acids is 2. The topological polar surface area (TPSA) is 61.8 Å². The minimum absolute atomic E-state index is 0.173. The van der Waals surface area contributed by atoms with Gasteiger partial charge in [0, 0.05) is 17.6 Å². The molecule has 0 saturated heterocycles. The van der Waals surface area contributed by atoms with Gasteiger partial charge in [-0.2, -0.15) is 0 Å². The van der Waals surface area contributed by atoms with Gasteiger partial charge >= 0.3 is 11.9 Å². The molecule has 0 fully saturated rings. The molecule has 0 N–H and O–H groups in total. The summed E-state index contributed by atoms with van der Waals surface area (Å²) in [6, 6.07) is 15.8. The normalized spacial score (nSPS) is 10.7. The van der Waals surface area contributed by atoms with Crippen LogP contribution in [0, 0.1) is 0 Å². The van der Waals surface area contributed by atoms with Crippen molar-refractivity contribution in [3.05, 3.63) is 90.5 Å². The van der Waals surface area contributed by atoms with Crippen molar-refractivity contribution < 1.29 is 23.8 Å². The lowest BCUT2D eigenvalue weighted by atomic mass is 9.78. The summed E-state index contributed by atoms with van der Waals surface area (Å²) in [5, 5.41) is 0. The number of esters is 2. The Bertz CT molecular complexity index is 848. The summed E-state index contributed by atoms with van der Waals surface area (Å²) >= 11 is 0. The van der Waals surface area contributed by atoms with E-state index in [1.54, 1.807) is 0 Å². The Morgan fingerprint density at radius 3 is 1.90 bits per heavy atom. The third kappa shape index (κ3) is 6.35. The molecule has 0 aliphatic carbocycles. The predicted octanol–water partition coefficient (Wildman–Crippen LogP) is 4.35. The van der Waals surface area contributed by atoms with Crippen LogP contribution in [0.15, 0.2) is 73.8 Å². The Hall–Kier alpha value is -3.34. The van der Waals surface area contributed by atoms with E-state index in [1.165, 1.54) is 0 Å². The van der Waals surface area contributed by atoms with Crippen molar-refractivity contribution in [3.8, 4) is 5.75 Å². The molecule has 152 valence electrons. The lowest BCUT2D eigenvalue weighted by Gasteiger charge is -2.26. The van der Waals surface area contributed by atoms with Gasteiger partial charge in [-0.3, -0.25) is 0 Å². The third-order valence-corrected chi connectivity index (χ3v) is 4.56. The average molecular weight is 394 g/mol. The van der Waals surface area contributed by atoms with Crippen LogP contribution in [0.3, 0.4) is 0 Å². The third-order valence-electron chi connectivity index (χ3n) is 4.56. The first-order chi connectivity index (χ1) is 13.9. The summed E-state index contributed by atoms with van der Waals surface area (Å²) in [6.45, 7) is 11.7. The number of hydrogen-bond acceptors (Lipinski definition) is 5. The van der Waals surface area contributed by atoms with Gasteiger partial charge in [-0.05, 0) is 28.8 Å². The zero-order chi connectivity index (χ0) is 21.3. The number of rotatable bonds is 10. The number of hydrogen-bond donors (Lipinski definition) is 0. The number of benzene rings is 2. The average Bonchev–Trinajstić information content (AvgIpc) is 2.75. The van der Waals surface area contributed by atoms with Crippen molar-refractivity contribution in [2.24, 2.45) is 0 Å². The van der Waals surface area contributed by atoms with Crippen molar-refractivity contribution in [3.63, 3.8) is 0 Å². The van der Waals surface area contributed by atoms with Crippen LogP contribution < -0.4 is 4.74 Å². The lowest BCUT2D eigenvalue weighted by molar-refractivity contribution is -0.139. The molecule has 0 amide bonds. The molecule has 29 heavy (non-hydrogen) atoms. The van der Waals surface area contributed by atoms with E-state index in [2.05, 4.69) is 27.0 Å².